The van der Waals surface area contributed by atoms with Gasteiger partial charge in [-0.1, -0.05) is 244 Å². The van der Waals surface area contributed by atoms with Crippen LogP contribution in [0.4, 0.5) is 0 Å². The summed E-state index contributed by atoms with van der Waals surface area (Å²) >= 11 is 0. The van der Waals surface area contributed by atoms with Gasteiger partial charge in [0.25, 0.3) is 0 Å². The molecular formula is C53H101O8P. The van der Waals surface area contributed by atoms with E-state index in [1.807, 2.05) is 0 Å². The van der Waals surface area contributed by atoms with E-state index >= 15 is 0 Å². The molecular weight excluding hydrogens is 796 g/mol. The molecule has 0 aliphatic heterocycles. The summed E-state index contributed by atoms with van der Waals surface area (Å²) < 4.78 is 32.2. The van der Waals surface area contributed by atoms with Crippen LogP contribution >= 0.6 is 7.82 Å². The number of ether oxygens (including phenoxy) is 2. The van der Waals surface area contributed by atoms with Gasteiger partial charge in [0.05, 0.1) is 6.61 Å². The minimum absolute atomic E-state index is 0.220. The Kier molecular flexibility index (Phi) is 47.8. The van der Waals surface area contributed by atoms with E-state index in [9.17, 15) is 19.0 Å². The van der Waals surface area contributed by atoms with Gasteiger partial charge in [0.1, 0.15) is 6.61 Å². The molecule has 0 aromatic rings. The van der Waals surface area contributed by atoms with Crippen LogP contribution in [0, 0.1) is 0 Å². The largest absolute Gasteiger partial charge is 0.472 e. The summed E-state index contributed by atoms with van der Waals surface area (Å²) in [5.74, 6) is -0.789. The van der Waals surface area contributed by atoms with Gasteiger partial charge in [-0.05, 0) is 44.9 Å². The maximum Gasteiger partial charge on any atom is 0.472 e. The predicted octanol–water partition coefficient (Wildman–Crippen LogP) is 17.4. The molecule has 62 heavy (non-hydrogen) atoms. The third-order valence-corrected chi connectivity index (χ3v) is 12.9. The maximum absolute atomic E-state index is 12.6. The van der Waals surface area contributed by atoms with Gasteiger partial charge >= 0.3 is 19.8 Å². The van der Waals surface area contributed by atoms with Crippen molar-refractivity contribution in [2.75, 3.05) is 20.3 Å². The lowest BCUT2D eigenvalue weighted by atomic mass is 10.0. The molecule has 0 fully saturated rings. The predicted molar refractivity (Wildman–Crippen MR) is 263 cm³/mol. The summed E-state index contributed by atoms with van der Waals surface area (Å²) in [7, 11) is -3.20. The molecule has 0 spiro atoms. The Morgan fingerprint density at radius 2 is 0.774 bits per heavy atom. The van der Waals surface area contributed by atoms with Crippen molar-refractivity contribution in [2.24, 2.45) is 0 Å². The van der Waals surface area contributed by atoms with E-state index < -0.39 is 26.5 Å². The Hall–Kier alpha value is -1.47. The highest BCUT2D eigenvalue weighted by Gasteiger charge is 2.24. The number of hydrogen-bond donors (Lipinski definition) is 1. The highest BCUT2D eigenvalue weighted by Crippen LogP contribution is 2.42. The first kappa shape index (κ1) is 60.5. The lowest BCUT2D eigenvalue weighted by Gasteiger charge is -2.19. The molecule has 0 saturated heterocycles. The highest BCUT2D eigenvalue weighted by molar-refractivity contribution is 7.47. The molecule has 8 nitrogen and oxygen atoms in total. The van der Waals surface area contributed by atoms with E-state index in [4.69, 9.17) is 14.0 Å². The smallest absolute Gasteiger partial charge is 0.462 e. The van der Waals surface area contributed by atoms with Crippen molar-refractivity contribution in [1.29, 1.82) is 0 Å². The molecule has 0 aliphatic carbocycles. The van der Waals surface area contributed by atoms with Crippen molar-refractivity contribution in [2.45, 2.75) is 283 Å². The zero-order valence-electron chi connectivity index (χ0n) is 41.0. The summed E-state index contributed by atoms with van der Waals surface area (Å²) in [4.78, 5) is 34.7. The molecule has 0 aromatic heterocycles. The summed E-state index contributed by atoms with van der Waals surface area (Å²) in [5, 5.41) is 0. The normalized spacial score (nSPS) is 13.3. The molecule has 0 rings (SSSR count). The standard InChI is InChI=1S/C53H101O8P/c1-4-6-8-10-12-14-16-18-20-22-24-26-27-28-30-32-34-36-38-40-42-44-46-48-53(55)61-51(50-60-62(56,57)58-3)49-59-52(54)47-45-43-41-39-37-35-33-31-29-25-23-21-19-17-15-13-11-9-7-5-2/h16,18,22,24,51H,4-15,17,19-21,23,25-50H2,1-3H3,(H,56,57)/b18-16-,24-22-. The van der Waals surface area contributed by atoms with E-state index in [1.165, 1.54) is 205 Å². The first-order valence-corrected chi connectivity index (χ1v) is 28.0. The van der Waals surface area contributed by atoms with Crippen LogP contribution in [0.25, 0.3) is 0 Å². The Morgan fingerprint density at radius 3 is 1.13 bits per heavy atom. The number of phosphoric acid groups is 1. The average molecular weight is 897 g/mol. The quantitative estimate of drug-likeness (QED) is 0.0278. The Labute approximate surface area is 383 Å². The van der Waals surface area contributed by atoms with Crippen LogP contribution in [-0.2, 0) is 32.7 Å². The number of rotatable bonds is 50. The van der Waals surface area contributed by atoms with Crippen molar-refractivity contribution >= 4 is 19.8 Å². The van der Waals surface area contributed by atoms with Crippen LogP contribution in [-0.4, -0.2) is 43.3 Å². The van der Waals surface area contributed by atoms with Gasteiger partial charge in [-0.25, -0.2) is 4.57 Å². The number of carbonyl (C=O) groups excluding carboxylic acids is 2. The molecule has 0 radical (unpaired) electrons. The van der Waals surface area contributed by atoms with E-state index in [-0.39, 0.29) is 19.0 Å². The van der Waals surface area contributed by atoms with Gasteiger partial charge in [0.15, 0.2) is 6.10 Å². The monoisotopic (exact) mass is 897 g/mol. The molecule has 2 atom stereocenters. The molecule has 9 heteroatoms. The van der Waals surface area contributed by atoms with Crippen LogP contribution in [0.3, 0.4) is 0 Å². The van der Waals surface area contributed by atoms with Crippen molar-refractivity contribution in [3.8, 4) is 0 Å². The molecule has 0 amide bonds. The first-order valence-electron chi connectivity index (χ1n) is 26.5. The first-order chi connectivity index (χ1) is 30.3. The number of unbranched alkanes of at least 4 members (excludes halogenated alkanes) is 35. The lowest BCUT2D eigenvalue weighted by Crippen LogP contribution is -2.29. The number of carbonyl (C=O) groups is 2. The van der Waals surface area contributed by atoms with Crippen molar-refractivity contribution in [3.05, 3.63) is 24.3 Å². The summed E-state index contributed by atoms with van der Waals surface area (Å²) in [6, 6.07) is 0. The Balaban J connectivity index is 3.85. The Morgan fingerprint density at radius 1 is 0.452 bits per heavy atom. The SMILES string of the molecule is CCCCCCC/C=C\C/C=C\CCCCCCCCCCCCCC(=O)OC(COC(=O)CCCCCCCCCCCCCCCCCCCCCC)COP(=O)(O)OC. The third-order valence-electron chi connectivity index (χ3n) is 11.9. The van der Waals surface area contributed by atoms with E-state index in [0.717, 1.165) is 45.6 Å². The second kappa shape index (κ2) is 49.0. The molecule has 0 heterocycles. The second-order valence-corrected chi connectivity index (χ2v) is 19.6. The fourth-order valence-electron chi connectivity index (χ4n) is 7.87. The zero-order valence-corrected chi connectivity index (χ0v) is 41.9. The Bertz CT molecular complexity index is 1060. The summed E-state index contributed by atoms with van der Waals surface area (Å²) in [5.41, 5.74) is 0. The summed E-state index contributed by atoms with van der Waals surface area (Å²) in [6.07, 6.45) is 58.2. The van der Waals surface area contributed by atoms with Gasteiger partial charge in [-0.15, -0.1) is 0 Å². The van der Waals surface area contributed by atoms with E-state index in [1.54, 1.807) is 0 Å². The van der Waals surface area contributed by atoms with Crippen LogP contribution < -0.4 is 0 Å². The molecule has 0 saturated carbocycles. The van der Waals surface area contributed by atoms with Crippen molar-refractivity contribution in [3.63, 3.8) is 0 Å². The molecule has 2 unspecified atom stereocenters. The van der Waals surface area contributed by atoms with Gasteiger partial charge < -0.3 is 14.4 Å². The molecule has 0 aliphatic rings. The highest BCUT2D eigenvalue weighted by atomic mass is 31.2. The fourth-order valence-corrected chi connectivity index (χ4v) is 8.33. The molecule has 1 N–H and O–H groups in total. The number of phosphoric ester groups is 1. The zero-order chi connectivity index (χ0) is 45.3. The molecule has 366 valence electrons. The number of allylic oxidation sites excluding steroid dienone is 4. The second-order valence-electron chi connectivity index (χ2n) is 18.0. The summed E-state index contributed by atoms with van der Waals surface area (Å²) in [6.45, 7) is 3.93. The topological polar surface area (TPSA) is 108 Å². The molecule has 0 bridgehead atoms. The molecule has 0 aromatic carbocycles. The minimum Gasteiger partial charge on any atom is -0.462 e. The van der Waals surface area contributed by atoms with Crippen molar-refractivity contribution < 1.29 is 37.6 Å². The van der Waals surface area contributed by atoms with Crippen LogP contribution in [0.2, 0.25) is 0 Å². The minimum atomic E-state index is -4.27. The van der Waals surface area contributed by atoms with Crippen LogP contribution in [0.5, 0.6) is 0 Å². The third kappa shape index (κ3) is 48.0. The van der Waals surface area contributed by atoms with Gasteiger partial charge in [-0.2, -0.15) is 0 Å². The van der Waals surface area contributed by atoms with Gasteiger partial charge in [-0.3, -0.25) is 18.6 Å². The fraction of sp³-hybridized carbons (Fsp3) is 0.887. The van der Waals surface area contributed by atoms with Crippen LogP contribution in [0.15, 0.2) is 24.3 Å². The van der Waals surface area contributed by atoms with E-state index in [0.29, 0.717) is 12.8 Å². The van der Waals surface area contributed by atoms with Crippen LogP contribution in [0.1, 0.15) is 277 Å². The lowest BCUT2D eigenvalue weighted by molar-refractivity contribution is -0.161. The average Bonchev–Trinajstić information content (AvgIpc) is 3.26. The number of hydrogen-bond acceptors (Lipinski definition) is 7. The maximum atomic E-state index is 12.6. The van der Waals surface area contributed by atoms with Crippen molar-refractivity contribution in [1.82, 2.24) is 0 Å². The van der Waals surface area contributed by atoms with Gasteiger partial charge in [0, 0.05) is 20.0 Å². The van der Waals surface area contributed by atoms with Gasteiger partial charge in [0.2, 0.25) is 0 Å². The van der Waals surface area contributed by atoms with E-state index in [2.05, 4.69) is 42.7 Å². The number of esters is 2.